The van der Waals surface area contributed by atoms with Gasteiger partial charge in [-0.15, -0.1) is 0 Å². The van der Waals surface area contributed by atoms with Gasteiger partial charge in [0.15, 0.2) is 0 Å². The Labute approximate surface area is 360 Å². The Hall–Kier alpha value is -5.51. The summed E-state index contributed by atoms with van der Waals surface area (Å²) >= 11 is 1.54. The number of hydrogen-bond acceptors (Lipinski definition) is 12. The number of rotatable bonds is 17. The zero-order chi connectivity index (χ0) is 42.5. The third-order valence-electron chi connectivity index (χ3n) is 12.1. The second-order valence-electron chi connectivity index (χ2n) is 17.0. The van der Waals surface area contributed by atoms with E-state index < -0.39 is 18.2 Å². The van der Waals surface area contributed by atoms with Crippen LogP contribution in [0.2, 0.25) is 0 Å². The predicted octanol–water partition coefficient (Wildman–Crippen LogP) is 5.50. The first-order chi connectivity index (χ1) is 29.5. The van der Waals surface area contributed by atoms with Gasteiger partial charge in [0.25, 0.3) is 5.91 Å². The molecule has 4 atom stereocenters. The molecule has 3 aliphatic heterocycles. The summed E-state index contributed by atoms with van der Waals surface area (Å²) in [5.74, 6) is 0.722. The van der Waals surface area contributed by atoms with Gasteiger partial charge < -0.3 is 36.0 Å². The van der Waals surface area contributed by atoms with Crippen molar-refractivity contribution < 1.29 is 29.0 Å². The molecule has 4 heterocycles. The molecule has 0 radical (unpaired) electrons. The molecule has 6 N–H and O–H groups in total. The molecule has 2 saturated heterocycles. The lowest BCUT2D eigenvalue weighted by molar-refractivity contribution is -0.137. The summed E-state index contributed by atoms with van der Waals surface area (Å²) in [5.41, 5.74) is 10.3. The molecule has 0 bridgehead atoms. The highest BCUT2D eigenvalue weighted by atomic mass is 32.2. The molecule has 1 saturated carbocycles. The smallest absolute Gasteiger partial charge is 0.255 e. The number of hydrogen-bond donors (Lipinski definition) is 5. The summed E-state index contributed by atoms with van der Waals surface area (Å²) in [7, 11) is 0. The van der Waals surface area contributed by atoms with E-state index in [1.54, 1.807) is 6.07 Å². The van der Waals surface area contributed by atoms with Gasteiger partial charge in [0.1, 0.15) is 28.9 Å². The Balaban J connectivity index is 0.697. The lowest BCUT2D eigenvalue weighted by atomic mass is 9.91. The summed E-state index contributed by atoms with van der Waals surface area (Å²) in [4.78, 5) is 64.2. The van der Waals surface area contributed by atoms with Crippen LogP contribution in [0, 0.1) is 5.92 Å². The number of fused-ring (bicyclic) bond motifs is 1. The maximum absolute atomic E-state index is 13.2. The highest BCUT2D eigenvalue weighted by Gasteiger charge is 2.44. The molecule has 14 nitrogen and oxygen atoms in total. The number of aromatic nitrogens is 2. The highest BCUT2D eigenvalue weighted by Crippen LogP contribution is 2.48. The summed E-state index contributed by atoms with van der Waals surface area (Å²) in [6.45, 7) is 5.07. The molecule has 61 heavy (non-hydrogen) atoms. The Kier molecular flexibility index (Phi) is 12.9. The van der Waals surface area contributed by atoms with Gasteiger partial charge in [-0.1, -0.05) is 42.1 Å². The van der Waals surface area contributed by atoms with Gasteiger partial charge in [-0.05, 0) is 117 Å². The standard InChI is InChI=1S/C46H54N8O6S/c1-46(47)17-19-53(20-18-46)39-26-49-42(27-48-39)61-34-7-5-6-32(23-34)51-40(55)8-3-2-4-21-60-33-13-11-30(12-14-33)35-24-37(35)43(57)50-25-29-9-10-31-28-54(45(59)36(31)22-29)38-15-16-41(56)52-44(38)58/h5-7,9-14,22-23,26-27,35,37-38,40,51,55H,2-4,8,15-21,24-25,28,47H2,1H3,(H,50,57)(H,52,56,58). The van der Waals surface area contributed by atoms with Gasteiger partial charge >= 0.3 is 0 Å². The highest BCUT2D eigenvalue weighted by molar-refractivity contribution is 7.99. The Morgan fingerprint density at radius 2 is 1.85 bits per heavy atom. The minimum absolute atomic E-state index is 0.0170. The van der Waals surface area contributed by atoms with Crippen molar-refractivity contribution in [1.82, 2.24) is 25.5 Å². The minimum Gasteiger partial charge on any atom is -0.494 e. The van der Waals surface area contributed by atoms with Crippen molar-refractivity contribution >= 4 is 46.9 Å². The van der Waals surface area contributed by atoms with Crippen LogP contribution in [0.5, 0.6) is 5.75 Å². The molecule has 320 valence electrons. The molecule has 0 spiro atoms. The molecule has 4 amide bonds. The number of carbonyl (C=O) groups is 4. The van der Waals surface area contributed by atoms with E-state index in [9.17, 15) is 24.3 Å². The Morgan fingerprint density at radius 1 is 1.03 bits per heavy atom. The van der Waals surface area contributed by atoms with Crippen LogP contribution in [-0.4, -0.2) is 81.1 Å². The molecule has 4 unspecified atom stereocenters. The summed E-state index contributed by atoms with van der Waals surface area (Å²) in [6, 6.07) is 20.8. The average Bonchev–Trinajstić information content (AvgIpc) is 3.99. The maximum Gasteiger partial charge on any atom is 0.255 e. The number of anilines is 2. The number of amides is 4. The number of piperidine rings is 2. The molecular weight excluding hydrogens is 793 g/mol. The van der Waals surface area contributed by atoms with Crippen LogP contribution in [-0.2, 0) is 27.5 Å². The summed E-state index contributed by atoms with van der Waals surface area (Å²) in [6.07, 6.45) is 9.42. The Bertz CT molecular complexity index is 2230. The lowest BCUT2D eigenvalue weighted by Gasteiger charge is -2.37. The molecule has 3 aromatic carbocycles. The number of nitrogens with zero attached hydrogens (tertiary/aromatic N) is 4. The molecule has 4 aliphatic rings. The maximum atomic E-state index is 13.2. The molecule has 15 heteroatoms. The topological polar surface area (TPSA) is 192 Å². The summed E-state index contributed by atoms with van der Waals surface area (Å²) in [5, 5.41) is 20.1. The van der Waals surface area contributed by atoms with Crippen LogP contribution in [0.3, 0.4) is 0 Å². The van der Waals surface area contributed by atoms with E-state index in [-0.39, 0.29) is 41.5 Å². The second-order valence-corrected chi connectivity index (χ2v) is 18.1. The van der Waals surface area contributed by atoms with Crippen LogP contribution in [0.4, 0.5) is 11.5 Å². The fourth-order valence-corrected chi connectivity index (χ4v) is 9.09. The summed E-state index contributed by atoms with van der Waals surface area (Å²) < 4.78 is 5.99. The fourth-order valence-electron chi connectivity index (χ4n) is 8.31. The van der Waals surface area contributed by atoms with Crippen molar-refractivity contribution in [2.24, 2.45) is 11.7 Å². The number of ether oxygens (including phenoxy) is 1. The number of aliphatic hydroxyl groups is 1. The molecule has 1 aromatic heterocycles. The van der Waals surface area contributed by atoms with Crippen LogP contribution >= 0.6 is 11.8 Å². The predicted molar refractivity (Wildman–Crippen MR) is 232 cm³/mol. The number of unbranched alkanes of at least 4 members (excludes halogenated alkanes) is 2. The van der Waals surface area contributed by atoms with E-state index >= 15 is 0 Å². The number of nitrogens with two attached hydrogens (primary N) is 1. The number of aliphatic hydroxyl groups excluding tert-OH is 1. The van der Waals surface area contributed by atoms with Gasteiger partial charge in [-0.3, -0.25) is 24.5 Å². The first kappa shape index (κ1) is 42.2. The first-order valence-electron chi connectivity index (χ1n) is 21.3. The largest absolute Gasteiger partial charge is 0.494 e. The van der Waals surface area contributed by atoms with Gasteiger partial charge in [0, 0.05) is 60.2 Å². The normalized spacial score (nSPS) is 21.1. The van der Waals surface area contributed by atoms with E-state index in [0.29, 0.717) is 38.1 Å². The number of benzene rings is 3. The molecule has 4 aromatic rings. The van der Waals surface area contributed by atoms with E-state index in [0.717, 1.165) is 95.5 Å². The minimum atomic E-state index is -0.661. The SMILES string of the molecule is CC1(N)CCN(c2cnc(Sc3cccc(NC(O)CCCCCOc4ccc(C5CC5C(=O)NCc5ccc6c(c5)C(=O)N(C5CCC(=O)NC5=O)C6)cc4)c3)cn2)CC1. The van der Waals surface area contributed by atoms with Crippen LogP contribution in [0.25, 0.3) is 0 Å². The van der Waals surface area contributed by atoms with Crippen LogP contribution < -0.4 is 31.3 Å². The van der Waals surface area contributed by atoms with Crippen LogP contribution in [0.15, 0.2) is 89.0 Å². The van der Waals surface area contributed by atoms with Crippen molar-refractivity contribution in [1.29, 1.82) is 0 Å². The van der Waals surface area contributed by atoms with Gasteiger partial charge in [0.2, 0.25) is 17.7 Å². The number of imide groups is 1. The van der Waals surface area contributed by atoms with Gasteiger partial charge in [-0.2, -0.15) is 0 Å². The molecule has 1 aliphatic carbocycles. The van der Waals surface area contributed by atoms with E-state index in [1.807, 2.05) is 73.1 Å². The lowest BCUT2D eigenvalue weighted by Crippen LogP contribution is -2.52. The monoisotopic (exact) mass is 846 g/mol. The molecule has 3 fully saturated rings. The average molecular weight is 847 g/mol. The second kappa shape index (κ2) is 18.6. The molecular formula is C46H54N8O6S. The van der Waals surface area contributed by atoms with Crippen molar-refractivity contribution in [2.75, 3.05) is 29.9 Å². The van der Waals surface area contributed by atoms with E-state index in [4.69, 9.17) is 10.5 Å². The van der Waals surface area contributed by atoms with Crippen LogP contribution in [0.1, 0.15) is 97.7 Å². The molecule has 8 rings (SSSR count). The third-order valence-corrected chi connectivity index (χ3v) is 13.0. The zero-order valence-corrected chi connectivity index (χ0v) is 35.3. The fraction of sp³-hybridized carbons (Fsp3) is 0.435. The van der Waals surface area contributed by atoms with E-state index in [2.05, 4.69) is 37.7 Å². The number of carbonyl (C=O) groups excluding carboxylic acids is 4. The first-order valence-corrected chi connectivity index (χ1v) is 22.1. The zero-order valence-electron chi connectivity index (χ0n) is 34.5. The van der Waals surface area contributed by atoms with E-state index in [1.165, 1.54) is 16.7 Å². The van der Waals surface area contributed by atoms with Crippen molar-refractivity contribution in [2.45, 2.75) is 111 Å². The Morgan fingerprint density at radius 3 is 2.62 bits per heavy atom. The quantitative estimate of drug-likeness (QED) is 0.0511. The third kappa shape index (κ3) is 10.7. The van der Waals surface area contributed by atoms with Crippen molar-refractivity contribution in [3.63, 3.8) is 0 Å². The van der Waals surface area contributed by atoms with Gasteiger partial charge in [-0.25, -0.2) is 9.97 Å². The van der Waals surface area contributed by atoms with Crippen molar-refractivity contribution in [3.8, 4) is 5.75 Å². The van der Waals surface area contributed by atoms with Gasteiger partial charge in [0.05, 0.1) is 19.0 Å². The van der Waals surface area contributed by atoms with Crippen molar-refractivity contribution in [3.05, 3.63) is 101 Å². The number of nitrogens with one attached hydrogen (secondary N) is 3.